The van der Waals surface area contributed by atoms with Gasteiger partial charge in [0.25, 0.3) is 0 Å². The Bertz CT molecular complexity index is 391. The molecule has 0 radical (unpaired) electrons. The van der Waals surface area contributed by atoms with Crippen LogP contribution >= 0.6 is 0 Å². The number of hydrazine groups is 1. The lowest BCUT2D eigenvalue weighted by Gasteiger charge is -2.01. The van der Waals surface area contributed by atoms with E-state index in [1.54, 1.807) is 5.43 Å². The van der Waals surface area contributed by atoms with E-state index in [4.69, 9.17) is 0 Å². The molecule has 0 aliphatic rings. The molecule has 0 fully saturated rings. The van der Waals surface area contributed by atoms with E-state index in [0.717, 1.165) is 6.20 Å². The summed E-state index contributed by atoms with van der Waals surface area (Å²) >= 11 is 0. The molecule has 0 aliphatic heterocycles. The highest BCUT2D eigenvalue weighted by Crippen LogP contribution is 2.25. The van der Waals surface area contributed by atoms with Crippen molar-refractivity contribution in [3.63, 3.8) is 0 Å². The van der Waals surface area contributed by atoms with E-state index in [9.17, 15) is 20.2 Å². The molecule has 1 N–H and O–H groups in total. The fraction of sp³-hybridized carbons (Fsp3) is 0.167. The number of aromatic nitrogens is 1. The maximum absolute atomic E-state index is 10.5. The van der Waals surface area contributed by atoms with Crippen molar-refractivity contribution in [3.8, 4) is 0 Å². The molecule has 0 unspecified atom stereocenters. The van der Waals surface area contributed by atoms with Crippen molar-refractivity contribution in [3.05, 3.63) is 38.2 Å². The van der Waals surface area contributed by atoms with Gasteiger partial charge in [-0.25, -0.2) is 10.1 Å². The molecule has 0 spiro atoms. The van der Waals surface area contributed by atoms with Crippen LogP contribution in [0.5, 0.6) is 0 Å². The van der Waals surface area contributed by atoms with Gasteiger partial charge in [-0.1, -0.05) is 0 Å². The Balaban J connectivity index is 3.22. The summed E-state index contributed by atoms with van der Waals surface area (Å²) in [6.07, 6.45) is 2.26. The summed E-state index contributed by atoms with van der Waals surface area (Å²) < 4.78 is 0. The second-order valence-electron chi connectivity index (χ2n) is 2.48. The first-order valence-corrected chi connectivity index (χ1v) is 3.52. The number of rotatable bonds is 3. The number of nitrogens with zero attached hydrogens (tertiary/aromatic N) is 3. The Kier molecular flexibility index (Phi) is 2.56. The topological polar surface area (TPSA) is 111 Å². The van der Waals surface area contributed by atoms with Gasteiger partial charge in [0.05, 0.1) is 4.92 Å². The largest absolute Gasteiger partial charge is 0.316 e. The minimum Gasteiger partial charge on any atom is -0.258 e. The van der Waals surface area contributed by atoms with Crippen molar-refractivity contribution >= 4 is 11.4 Å². The van der Waals surface area contributed by atoms with Gasteiger partial charge < -0.3 is 0 Å². The molecular formula is C6H6N4O4. The van der Waals surface area contributed by atoms with Crippen molar-refractivity contribution in [2.45, 2.75) is 6.92 Å². The highest BCUT2D eigenvalue weighted by atomic mass is 16.7. The molecular weight excluding hydrogens is 192 g/mol. The zero-order valence-corrected chi connectivity index (χ0v) is 7.13. The molecule has 1 rings (SSSR count). The average Bonchev–Trinajstić information content (AvgIpc) is 2.07. The summed E-state index contributed by atoms with van der Waals surface area (Å²) in [5.74, 6) is 0. The lowest BCUT2D eigenvalue weighted by atomic mass is 10.2. The predicted octanol–water partition coefficient (Wildman–Crippen LogP) is 0.902. The third-order valence-electron chi connectivity index (χ3n) is 1.52. The summed E-state index contributed by atoms with van der Waals surface area (Å²) in [6, 6.07) is 0. The van der Waals surface area contributed by atoms with Gasteiger partial charge in [-0.2, -0.15) is 0 Å². The fourth-order valence-corrected chi connectivity index (χ4v) is 0.926. The molecule has 1 aromatic heterocycles. The minimum atomic E-state index is -0.852. The van der Waals surface area contributed by atoms with Crippen LogP contribution in [0.1, 0.15) is 5.56 Å². The van der Waals surface area contributed by atoms with Gasteiger partial charge in [-0.3, -0.25) is 15.1 Å². The van der Waals surface area contributed by atoms with Crippen LogP contribution in [0.2, 0.25) is 0 Å². The van der Waals surface area contributed by atoms with Gasteiger partial charge in [0.1, 0.15) is 6.20 Å². The van der Waals surface area contributed by atoms with E-state index in [2.05, 4.69) is 4.98 Å². The van der Waals surface area contributed by atoms with E-state index in [-0.39, 0.29) is 5.69 Å². The Labute approximate surface area is 77.8 Å². The van der Waals surface area contributed by atoms with Crippen molar-refractivity contribution in [2.24, 2.45) is 0 Å². The van der Waals surface area contributed by atoms with Crippen molar-refractivity contribution in [2.75, 3.05) is 5.43 Å². The summed E-state index contributed by atoms with van der Waals surface area (Å²) in [5.41, 5.74) is 1.55. The molecule has 14 heavy (non-hydrogen) atoms. The van der Waals surface area contributed by atoms with E-state index in [1.807, 2.05) is 0 Å². The Morgan fingerprint density at radius 1 is 1.36 bits per heavy atom. The Morgan fingerprint density at radius 2 is 2.00 bits per heavy atom. The molecule has 8 nitrogen and oxygen atoms in total. The number of anilines is 1. The molecule has 1 heterocycles. The molecule has 0 atom stereocenters. The first kappa shape index (κ1) is 9.84. The number of pyridine rings is 1. The zero-order valence-electron chi connectivity index (χ0n) is 7.13. The third-order valence-corrected chi connectivity index (χ3v) is 1.52. The normalized spacial score (nSPS) is 9.50. The molecule has 0 saturated heterocycles. The number of aryl methyl sites for hydroxylation is 1. The lowest BCUT2D eigenvalue weighted by Crippen LogP contribution is -2.11. The number of nitro groups is 2. The van der Waals surface area contributed by atoms with E-state index < -0.39 is 15.6 Å². The first-order valence-electron chi connectivity index (χ1n) is 3.52. The van der Waals surface area contributed by atoms with Crippen molar-refractivity contribution in [1.82, 2.24) is 4.98 Å². The molecule has 0 bridgehead atoms. The summed E-state index contributed by atoms with van der Waals surface area (Å²) in [4.78, 5) is 23.4. The third kappa shape index (κ3) is 1.91. The SMILES string of the molecule is Cc1cncc([N+](=O)[O-])c1N[N+](=O)[O-]. The van der Waals surface area contributed by atoms with Crippen molar-refractivity contribution in [1.29, 1.82) is 0 Å². The van der Waals surface area contributed by atoms with Crippen LogP contribution in [0.15, 0.2) is 12.4 Å². The Hall–Kier alpha value is -2.25. The highest BCUT2D eigenvalue weighted by molar-refractivity contribution is 5.62. The monoisotopic (exact) mass is 198 g/mol. The van der Waals surface area contributed by atoms with Gasteiger partial charge >= 0.3 is 5.69 Å². The Morgan fingerprint density at radius 3 is 2.50 bits per heavy atom. The summed E-state index contributed by atoms with van der Waals surface area (Å²) in [7, 11) is 0. The lowest BCUT2D eigenvalue weighted by molar-refractivity contribution is -0.447. The predicted molar refractivity (Wildman–Crippen MR) is 46.2 cm³/mol. The second-order valence-corrected chi connectivity index (χ2v) is 2.48. The molecule has 1 aromatic rings. The van der Waals surface area contributed by atoms with Crippen molar-refractivity contribution < 1.29 is 9.96 Å². The van der Waals surface area contributed by atoms with E-state index >= 15 is 0 Å². The molecule has 74 valence electrons. The van der Waals surface area contributed by atoms with Crippen LogP contribution in [0.3, 0.4) is 0 Å². The summed E-state index contributed by atoms with van der Waals surface area (Å²) in [6.45, 7) is 1.49. The fourth-order valence-electron chi connectivity index (χ4n) is 0.926. The second kappa shape index (κ2) is 3.64. The maximum atomic E-state index is 10.5. The number of hydrogen-bond acceptors (Lipinski definition) is 5. The quantitative estimate of drug-likeness (QED) is 0.570. The van der Waals surface area contributed by atoms with E-state index in [0.29, 0.717) is 5.56 Å². The number of hydrogen-bond donors (Lipinski definition) is 1. The molecule has 0 amide bonds. The zero-order chi connectivity index (χ0) is 10.7. The highest BCUT2D eigenvalue weighted by Gasteiger charge is 2.19. The van der Waals surface area contributed by atoms with Crippen LogP contribution in [0.25, 0.3) is 0 Å². The molecule has 0 aromatic carbocycles. The van der Waals surface area contributed by atoms with Gasteiger partial charge in [0.2, 0.25) is 0 Å². The van der Waals surface area contributed by atoms with Gasteiger partial charge in [0.15, 0.2) is 10.7 Å². The van der Waals surface area contributed by atoms with Crippen LogP contribution in [-0.4, -0.2) is 14.9 Å². The van der Waals surface area contributed by atoms with Gasteiger partial charge in [-0.15, -0.1) is 5.43 Å². The van der Waals surface area contributed by atoms with E-state index in [1.165, 1.54) is 13.1 Å². The number of nitrogens with one attached hydrogen (secondary N) is 1. The van der Waals surface area contributed by atoms with Crippen LogP contribution in [-0.2, 0) is 0 Å². The molecule has 0 saturated carbocycles. The smallest absolute Gasteiger partial charge is 0.258 e. The van der Waals surface area contributed by atoms with Crippen LogP contribution in [0.4, 0.5) is 11.4 Å². The first-order chi connectivity index (χ1) is 6.52. The maximum Gasteiger partial charge on any atom is 0.316 e. The molecule has 0 aliphatic carbocycles. The average molecular weight is 198 g/mol. The molecule has 8 heteroatoms. The minimum absolute atomic E-state index is 0.144. The van der Waals surface area contributed by atoms with Crippen LogP contribution < -0.4 is 5.43 Å². The standard InChI is InChI=1S/C6H6N4O4/c1-4-2-7-3-5(9(11)12)6(4)8-10(13)14/h2-3H,1H3,(H,7,8). The van der Waals surface area contributed by atoms with Gasteiger partial charge in [-0.05, 0) is 6.92 Å². The summed E-state index contributed by atoms with van der Waals surface area (Å²) in [5, 5.41) is 19.8. The van der Waals surface area contributed by atoms with Gasteiger partial charge in [0, 0.05) is 11.8 Å². The van der Waals surface area contributed by atoms with Crippen LogP contribution in [0, 0.1) is 27.2 Å².